The van der Waals surface area contributed by atoms with E-state index >= 15 is 0 Å². The predicted octanol–water partition coefficient (Wildman–Crippen LogP) is 1.60. The number of aryl methyl sites for hydroxylation is 1. The topological polar surface area (TPSA) is 25.8 Å². The maximum Gasteiger partial charge on any atom is 0.119 e. The Morgan fingerprint density at radius 3 is 2.88 bits per heavy atom. The van der Waals surface area contributed by atoms with Gasteiger partial charge in [0.25, 0.3) is 0 Å². The Balaban J connectivity index is 1.83. The van der Waals surface area contributed by atoms with Crippen molar-refractivity contribution in [2.75, 3.05) is 20.2 Å². The third kappa shape index (κ3) is 3.24. The number of piperidine rings is 1. The molecule has 16 heavy (non-hydrogen) atoms. The summed E-state index contributed by atoms with van der Waals surface area (Å²) >= 11 is 0. The van der Waals surface area contributed by atoms with E-state index in [4.69, 9.17) is 4.74 Å². The van der Waals surface area contributed by atoms with Gasteiger partial charge in [0.2, 0.25) is 0 Å². The van der Waals surface area contributed by atoms with Crippen LogP contribution in [0.2, 0.25) is 0 Å². The summed E-state index contributed by atoms with van der Waals surface area (Å²) < 4.78 is 5.24. The first kappa shape index (κ1) is 11.5. The van der Waals surface area contributed by atoms with Crippen LogP contribution in [0.3, 0.4) is 0 Å². The summed E-state index contributed by atoms with van der Waals surface area (Å²) in [6, 6.07) is 8.47. The summed E-state index contributed by atoms with van der Waals surface area (Å²) in [5, 5.41) is 2.43. The molecule has 1 aliphatic heterocycles. The highest BCUT2D eigenvalue weighted by Gasteiger charge is 2.14. The highest BCUT2D eigenvalue weighted by atomic mass is 16.5. The molecule has 2 nitrogen and oxygen atoms in total. The van der Waals surface area contributed by atoms with Gasteiger partial charge in [-0.15, -0.1) is 0 Å². The summed E-state index contributed by atoms with van der Waals surface area (Å²) in [6.45, 7) is 2.64. The zero-order chi connectivity index (χ0) is 11.2. The lowest BCUT2D eigenvalue weighted by molar-refractivity contribution is -0.664. The van der Waals surface area contributed by atoms with Crippen molar-refractivity contribution in [1.29, 1.82) is 0 Å². The fraction of sp³-hybridized carbons (Fsp3) is 0.571. The van der Waals surface area contributed by atoms with Crippen molar-refractivity contribution in [3.8, 4) is 5.75 Å². The quantitative estimate of drug-likeness (QED) is 0.819. The predicted molar refractivity (Wildman–Crippen MR) is 65.7 cm³/mol. The Hall–Kier alpha value is -1.02. The molecule has 0 unspecified atom stereocenters. The van der Waals surface area contributed by atoms with E-state index in [1.165, 1.54) is 44.3 Å². The summed E-state index contributed by atoms with van der Waals surface area (Å²) in [7, 11) is 1.73. The van der Waals surface area contributed by atoms with E-state index in [-0.39, 0.29) is 0 Å². The molecule has 0 amide bonds. The van der Waals surface area contributed by atoms with Crippen molar-refractivity contribution in [1.82, 2.24) is 0 Å². The average molecular weight is 220 g/mol. The Labute approximate surface area is 98.0 Å². The van der Waals surface area contributed by atoms with Gasteiger partial charge in [-0.1, -0.05) is 12.1 Å². The molecule has 1 aromatic rings. The van der Waals surface area contributed by atoms with Crippen LogP contribution >= 0.6 is 0 Å². The van der Waals surface area contributed by atoms with E-state index in [1.54, 1.807) is 7.11 Å². The minimum atomic E-state index is 0.941. The van der Waals surface area contributed by atoms with Gasteiger partial charge in [-0.25, -0.2) is 0 Å². The van der Waals surface area contributed by atoms with Crippen molar-refractivity contribution in [2.24, 2.45) is 5.92 Å². The lowest BCUT2D eigenvalue weighted by Crippen LogP contribution is -2.86. The monoisotopic (exact) mass is 220 g/mol. The molecule has 0 bridgehead atoms. The molecule has 2 heteroatoms. The molecule has 0 spiro atoms. The number of quaternary nitrogens is 1. The normalized spacial score (nSPS) is 17.3. The lowest BCUT2D eigenvalue weighted by atomic mass is 9.91. The molecule has 1 heterocycles. The minimum absolute atomic E-state index is 0.941. The molecular weight excluding hydrogens is 198 g/mol. The molecule has 0 radical (unpaired) electrons. The molecule has 1 fully saturated rings. The second-order valence-electron chi connectivity index (χ2n) is 4.70. The summed E-state index contributed by atoms with van der Waals surface area (Å²) in [5.74, 6) is 1.92. The number of hydrogen-bond acceptors (Lipinski definition) is 1. The molecule has 0 aliphatic carbocycles. The van der Waals surface area contributed by atoms with Gasteiger partial charge < -0.3 is 10.1 Å². The van der Waals surface area contributed by atoms with E-state index < -0.39 is 0 Å². The smallest absolute Gasteiger partial charge is 0.119 e. The minimum Gasteiger partial charge on any atom is -0.497 e. The SMILES string of the molecule is COc1cccc(CCC2CC[NH2+]CC2)c1. The van der Waals surface area contributed by atoms with Crippen molar-refractivity contribution in [3.63, 3.8) is 0 Å². The molecule has 0 saturated carbocycles. The van der Waals surface area contributed by atoms with Crippen LogP contribution in [0, 0.1) is 5.92 Å². The van der Waals surface area contributed by atoms with Crippen LogP contribution in [0.1, 0.15) is 24.8 Å². The molecule has 1 saturated heterocycles. The van der Waals surface area contributed by atoms with E-state index in [0.717, 1.165) is 11.7 Å². The summed E-state index contributed by atoms with van der Waals surface area (Å²) in [6.07, 6.45) is 5.32. The van der Waals surface area contributed by atoms with E-state index in [2.05, 4.69) is 23.5 Å². The van der Waals surface area contributed by atoms with Crippen LogP contribution < -0.4 is 10.1 Å². The fourth-order valence-electron chi connectivity index (χ4n) is 2.48. The zero-order valence-corrected chi connectivity index (χ0v) is 10.1. The molecule has 0 atom stereocenters. The van der Waals surface area contributed by atoms with Gasteiger partial charge in [-0.3, -0.25) is 0 Å². The zero-order valence-electron chi connectivity index (χ0n) is 10.1. The van der Waals surface area contributed by atoms with Gasteiger partial charge in [0.15, 0.2) is 0 Å². The Morgan fingerprint density at radius 2 is 2.12 bits per heavy atom. The molecule has 2 rings (SSSR count). The second kappa shape index (κ2) is 5.90. The van der Waals surface area contributed by atoms with E-state index in [1.807, 2.05) is 6.07 Å². The number of hydrogen-bond donors (Lipinski definition) is 1. The summed E-state index contributed by atoms with van der Waals surface area (Å²) in [4.78, 5) is 0. The van der Waals surface area contributed by atoms with Crippen LogP contribution in [0.5, 0.6) is 5.75 Å². The van der Waals surface area contributed by atoms with Crippen molar-refractivity contribution >= 4 is 0 Å². The van der Waals surface area contributed by atoms with Crippen LogP contribution in [-0.2, 0) is 6.42 Å². The molecule has 2 N–H and O–H groups in total. The van der Waals surface area contributed by atoms with Crippen molar-refractivity contribution < 1.29 is 10.1 Å². The lowest BCUT2D eigenvalue weighted by Gasteiger charge is -2.20. The Morgan fingerprint density at radius 1 is 1.31 bits per heavy atom. The van der Waals surface area contributed by atoms with Gasteiger partial charge in [0.1, 0.15) is 5.75 Å². The molecule has 0 aromatic heterocycles. The average Bonchev–Trinajstić information content (AvgIpc) is 2.38. The number of ether oxygens (including phenoxy) is 1. The Bertz CT molecular complexity index is 318. The van der Waals surface area contributed by atoms with Crippen LogP contribution in [0.4, 0.5) is 0 Å². The van der Waals surface area contributed by atoms with Crippen LogP contribution in [-0.4, -0.2) is 20.2 Å². The second-order valence-corrected chi connectivity index (χ2v) is 4.70. The van der Waals surface area contributed by atoms with Crippen LogP contribution in [0.25, 0.3) is 0 Å². The standard InChI is InChI=1S/C14H21NO/c1-16-14-4-2-3-13(11-14)6-5-12-7-9-15-10-8-12/h2-4,11-12,15H,5-10H2,1H3/p+1. The van der Waals surface area contributed by atoms with E-state index in [9.17, 15) is 0 Å². The number of nitrogens with two attached hydrogens (primary N) is 1. The third-order valence-electron chi connectivity index (χ3n) is 3.53. The van der Waals surface area contributed by atoms with Gasteiger partial charge in [0.05, 0.1) is 20.2 Å². The number of benzene rings is 1. The highest BCUT2D eigenvalue weighted by molar-refractivity contribution is 5.28. The number of rotatable bonds is 4. The third-order valence-corrected chi connectivity index (χ3v) is 3.53. The maximum absolute atomic E-state index is 5.24. The molecule has 1 aromatic carbocycles. The molecular formula is C14H22NO+. The van der Waals surface area contributed by atoms with Crippen LogP contribution in [0.15, 0.2) is 24.3 Å². The van der Waals surface area contributed by atoms with Gasteiger partial charge in [-0.05, 0) is 49.3 Å². The fourth-order valence-corrected chi connectivity index (χ4v) is 2.48. The van der Waals surface area contributed by atoms with Gasteiger partial charge in [0, 0.05) is 0 Å². The summed E-state index contributed by atoms with van der Waals surface area (Å²) in [5.41, 5.74) is 1.41. The maximum atomic E-state index is 5.24. The largest absolute Gasteiger partial charge is 0.497 e. The first-order valence-corrected chi connectivity index (χ1v) is 6.33. The number of methoxy groups -OCH3 is 1. The van der Waals surface area contributed by atoms with E-state index in [0.29, 0.717) is 0 Å². The van der Waals surface area contributed by atoms with Crippen molar-refractivity contribution in [3.05, 3.63) is 29.8 Å². The van der Waals surface area contributed by atoms with Gasteiger partial charge >= 0.3 is 0 Å². The molecule has 88 valence electrons. The first-order valence-electron chi connectivity index (χ1n) is 6.33. The highest BCUT2D eigenvalue weighted by Crippen LogP contribution is 2.19. The van der Waals surface area contributed by atoms with Gasteiger partial charge in [-0.2, -0.15) is 0 Å². The Kier molecular flexibility index (Phi) is 4.23. The van der Waals surface area contributed by atoms with Crippen molar-refractivity contribution in [2.45, 2.75) is 25.7 Å². The first-order chi connectivity index (χ1) is 7.88. The molecule has 1 aliphatic rings.